The SMILES string of the molecule is Cc1cc(C)cc([Si](C)(c2cc(C)cc(C)c2)C2c3ccccc3-c3ccc[c]([Ti+3])c32)c1.[Cl-].[Cl-].[Cl-]. The zero-order valence-corrected chi connectivity index (χ0v) is 25.5. The molecule has 0 spiro atoms. The van der Waals surface area contributed by atoms with Gasteiger partial charge in [-0.2, -0.15) is 0 Å². The fourth-order valence-corrected chi connectivity index (χ4v) is 11.6. The van der Waals surface area contributed by atoms with E-state index in [9.17, 15) is 0 Å². The molecule has 0 heterocycles. The van der Waals surface area contributed by atoms with Gasteiger partial charge in [0.25, 0.3) is 0 Å². The van der Waals surface area contributed by atoms with Crippen LogP contribution in [0.2, 0.25) is 6.55 Å². The molecule has 0 aromatic heterocycles. The van der Waals surface area contributed by atoms with Crippen molar-refractivity contribution in [2.45, 2.75) is 39.8 Å². The molecule has 1 atom stereocenters. The van der Waals surface area contributed by atoms with Gasteiger partial charge in [0.15, 0.2) is 0 Å². The average Bonchev–Trinajstić information content (AvgIpc) is 3.08. The molecule has 0 amide bonds. The van der Waals surface area contributed by atoms with Crippen LogP contribution in [-0.2, 0) is 20.4 Å². The van der Waals surface area contributed by atoms with Gasteiger partial charge in [-0.05, 0) is 0 Å². The van der Waals surface area contributed by atoms with E-state index >= 15 is 0 Å². The second-order valence-corrected chi connectivity index (χ2v) is 14.7. The minimum Gasteiger partial charge on any atom is -1.00 e. The maximum atomic E-state index is 2.61. The molecule has 4 aromatic rings. The number of hydrogen-bond donors (Lipinski definition) is 0. The van der Waals surface area contributed by atoms with Gasteiger partial charge in [-0.1, -0.05) is 0 Å². The van der Waals surface area contributed by atoms with E-state index < -0.39 is 8.07 Å². The molecule has 1 unspecified atom stereocenters. The number of fused-ring (bicyclic) bond motifs is 3. The first kappa shape index (κ1) is 29.9. The van der Waals surface area contributed by atoms with E-state index in [1.165, 1.54) is 53.2 Å². The Morgan fingerprint density at radius 2 is 1.06 bits per heavy atom. The van der Waals surface area contributed by atoms with E-state index in [4.69, 9.17) is 0 Å². The minimum absolute atomic E-state index is 0. The smallest absolute Gasteiger partial charge is 1.00 e. The van der Waals surface area contributed by atoms with Gasteiger partial charge in [0.2, 0.25) is 0 Å². The maximum absolute atomic E-state index is 2.61. The number of aryl methyl sites for hydroxylation is 4. The second kappa shape index (κ2) is 11.4. The molecule has 0 N–H and O–H groups in total. The third kappa shape index (κ3) is 5.10. The van der Waals surface area contributed by atoms with Crippen LogP contribution in [0.5, 0.6) is 0 Å². The summed E-state index contributed by atoms with van der Waals surface area (Å²) in [6.45, 7) is 11.6. The third-order valence-corrected chi connectivity index (χ3v) is 12.6. The third-order valence-electron chi connectivity index (χ3n) is 7.18. The largest absolute Gasteiger partial charge is 1.00 e. The van der Waals surface area contributed by atoms with Crippen LogP contribution < -0.4 is 51.5 Å². The number of hydrogen-bond acceptors (Lipinski definition) is 0. The Morgan fingerprint density at radius 3 is 1.57 bits per heavy atom. The van der Waals surface area contributed by atoms with Gasteiger partial charge in [0.05, 0.1) is 0 Å². The van der Waals surface area contributed by atoms with E-state index in [1.54, 1.807) is 5.56 Å². The summed E-state index contributed by atoms with van der Waals surface area (Å²) < 4.78 is 1.41. The molecule has 5 rings (SSSR count). The van der Waals surface area contributed by atoms with Gasteiger partial charge in [-0.15, -0.1) is 0 Å². The number of halogens is 3. The summed E-state index contributed by atoms with van der Waals surface area (Å²) in [6.07, 6.45) is 0. The van der Waals surface area contributed by atoms with Crippen molar-refractivity contribution < 1.29 is 57.7 Å². The molecule has 0 fully saturated rings. The summed E-state index contributed by atoms with van der Waals surface area (Å²) in [5.74, 6) is 0. The first-order valence-electron chi connectivity index (χ1n) is 11.4. The predicted octanol–water partition coefficient (Wildman–Crippen LogP) is -3.35. The van der Waals surface area contributed by atoms with Gasteiger partial charge < -0.3 is 37.2 Å². The van der Waals surface area contributed by atoms with E-state index in [-0.39, 0.29) is 37.2 Å². The Balaban J connectivity index is 0.00000144. The fraction of sp³-hybridized carbons (Fsp3) is 0.200. The number of rotatable bonds is 3. The summed E-state index contributed by atoms with van der Waals surface area (Å²) in [7, 11) is -2.23. The Morgan fingerprint density at radius 1 is 0.600 bits per heavy atom. The number of benzene rings is 4. The average molecular weight is 572 g/mol. The van der Waals surface area contributed by atoms with Crippen LogP contribution >= 0.6 is 0 Å². The molecule has 4 aromatic carbocycles. The topological polar surface area (TPSA) is 0 Å². The molecule has 35 heavy (non-hydrogen) atoms. The van der Waals surface area contributed by atoms with Crippen molar-refractivity contribution >= 4 is 22.3 Å². The summed E-state index contributed by atoms with van der Waals surface area (Å²) >= 11 is 2.30. The van der Waals surface area contributed by atoms with Crippen molar-refractivity contribution in [3.8, 4) is 11.1 Å². The Kier molecular flexibility index (Phi) is 9.73. The Labute approximate surface area is 241 Å². The fourth-order valence-electron chi connectivity index (χ4n) is 5.91. The molecule has 5 heteroatoms. The van der Waals surface area contributed by atoms with Gasteiger partial charge in [-0.25, -0.2) is 0 Å². The van der Waals surface area contributed by atoms with E-state index in [2.05, 4.69) is 134 Å². The quantitative estimate of drug-likeness (QED) is 0.226. The molecule has 178 valence electrons. The van der Waals surface area contributed by atoms with Crippen molar-refractivity contribution in [2.24, 2.45) is 0 Å². The van der Waals surface area contributed by atoms with Gasteiger partial charge in [-0.3, -0.25) is 0 Å². The minimum atomic E-state index is -2.23. The molecular weight excluding hydrogens is 543 g/mol. The summed E-state index contributed by atoms with van der Waals surface area (Å²) in [5.41, 5.74) is 11.7. The maximum Gasteiger partial charge on any atom is -1.00 e. The van der Waals surface area contributed by atoms with Crippen molar-refractivity contribution in [3.63, 3.8) is 0 Å². The monoisotopic (exact) mass is 570 g/mol. The van der Waals surface area contributed by atoms with Crippen molar-refractivity contribution in [1.82, 2.24) is 0 Å². The van der Waals surface area contributed by atoms with Crippen molar-refractivity contribution in [1.29, 1.82) is 0 Å². The summed E-state index contributed by atoms with van der Waals surface area (Å²) in [4.78, 5) is 0. The first-order chi connectivity index (χ1) is 15.3. The van der Waals surface area contributed by atoms with E-state index in [0.717, 1.165) is 0 Å². The van der Waals surface area contributed by atoms with E-state index in [1.807, 2.05) is 0 Å². The molecule has 0 saturated heterocycles. The van der Waals surface area contributed by atoms with Crippen LogP contribution in [0.25, 0.3) is 11.1 Å². The molecule has 1 aliphatic carbocycles. The summed E-state index contributed by atoms with van der Waals surface area (Å²) in [5, 5.41) is 3.08. The van der Waals surface area contributed by atoms with Crippen LogP contribution in [-0.4, -0.2) is 8.07 Å². The van der Waals surface area contributed by atoms with E-state index in [0.29, 0.717) is 5.54 Å². The normalized spacial score (nSPS) is 13.6. The summed E-state index contributed by atoms with van der Waals surface area (Å²) in [6, 6.07) is 30.5. The molecule has 0 aliphatic heterocycles. The van der Waals surface area contributed by atoms with Gasteiger partial charge >= 0.3 is 206 Å². The molecule has 1 aliphatic rings. The molecular formula is C30H29Cl3SiTi. The van der Waals surface area contributed by atoms with Crippen molar-refractivity contribution in [2.75, 3.05) is 0 Å². The Bertz CT molecular complexity index is 1270. The molecule has 0 nitrogen and oxygen atoms in total. The van der Waals surface area contributed by atoms with Gasteiger partial charge in [0.1, 0.15) is 0 Å². The predicted molar refractivity (Wildman–Crippen MR) is 136 cm³/mol. The Hall–Kier alpha value is -1.32. The van der Waals surface area contributed by atoms with Crippen LogP contribution in [0.15, 0.2) is 78.9 Å². The zero-order valence-electron chi connectivity index (χ0n) is 20.7. The van der Waals surface area contributed by atoms with Crippen LogP contribution in [0, 0.1) is 27.7 Å². The second-order valence-electron chi connectivity index (χ2n) is 9.74. The molecule has 0 bridgehead atoms. The zero-order chi connectivity index (χ0) is 22.6. The molecule has 0 saturated carbocycles. The van der Waals surface area contributed by atoms with Crippen LogP contribution in [0.1, 0.15) is 38.9 Å². The molecule has 0 radical (unpaired) electrons. The van der Waals surface area contributed by atoms with Crippen LogP contribution in [0.3, 0.4) is 0 Å². The standard InChI is InChI=1S/C30H29Si.3ClH.Ti/c1-20-14-21(2)17-24(16-20)31(5,25-18-22(3)15-23(4)19-25)30-28-12-8-6-10-26(28)27-11-7-9-13-29(27)30;;;;/h6-12,14-19,30H,1-5H3;3*1H;/q;;;;+3/p-3. The van der Waals surface area contributed by atoms with Crippen LogP contribution in [0.4, 0.5) is 0 Å². The first-order valence-corrected chi connectivity index (χ1v) is 14.8. The van der Waals surface area contributed by atoms with Crippen molar-refractivity contribution in [3.05, 3.63) is 112 Å². The van der Waals surface area contributed by atoms with Gasteiger partial charge in [0, 0.05) is 0 Å².